The van der Waals surface area contributed by atoms with Crippen LogP contribution in [0, 0.1) is 0 Å². The Morgan fingerprint density at radius 2 is 1.79 bits per heavy atom. The Labute approximate surface area is 163 Å². The number of phenols is 1. The van der Waals surface area contributed by atoms with Crippen molar-refractivity contribution in [2.45, 2.75) is 25.9 Å². The molecule has 0 amide bonds. The van der Waals surface area contributed by atoms with Crippen molar-refractivity contribution in [3.8, 4) is 28.4 Å². The third-order valence-corrected chi connectivity index (χ3v) is 4.70. The first kappa shape index (κ1) is 19.2. The highest BCUT2D eigenvalue weighted by Crippen LogP contribution is 2.41. The van der Waals surface area contributed by atoms with E-state index in [2.05, 4.69) is 0 Å². The normalized spacial score (nSPS) is 13.7. The van der Waals surface area contributed by atoms with Crippen LogP contribution in [-0.4, -0.2) is 18.3 Å². The number of rotatable bonds is 3. The molecule has 1 aliphatic rings. The van der Waals surface area contributed by atoms with Gasteiger partial charge in [0.2, 0.25) is 11.2 Å². The molecule has 0 unspecified atom stereocenters. The van der Waals surface area contributed by atoms with Crippen LogP contribution in [0.4, 0.5) is 13.2 Å². The molecule has 0 saturated carbocycles. The quantitative estimate of drug-likeness (QED) is 0.670. The van der Waals surface area contributed by atoms with E-state index >= 15 is 0 Å². The van der Waals surface area contributed by atoms with Crippen LogP contribution >= 0.6 is 0 Å². The Bertz CT molecular complexity index is 1150. The molecule has 8 heteroatoms. The number of hydrogen-bond acceptors (Lipinski definition) is 5. The van der Waals surface area contributed by atoms with Crippen LogP contribution in [0.25, 0.3) is 22.1 Å². The Balaban J connectivity index is 2.02. The lowest BCUT2D eigenvalue weighted by Gasteiger charge is -2.19. The van der Waals surface area contributed by atoms with Gasteiger partial charge in [0.05, 0.1) is 10.9 Å². The summed E-state index contributed by atoms with van der Waals surface area (Å²) in [5.74, 6) is -0.968. The van der Waals surface area contributed by atoms with Crippen LogP contribution < -0.4 is 14.9 Å². The summed E-state index contributed by atoms with van der Waals surface area (Å²) in [5.41, 5.74) is -1.26. The fraction of sp³-hybridized carbons (Fsp3) is 0.286. The predicted molar refractivity (Wildman–Crippen MR) is 99.6 cm³/mol. The van der Waals surface area contributed by atoms with Gasteiger partial charge in [-0.15, -0.1) is 0 Å². The minimum absolute atomic E-state index is 0.0161. The Kier molecular flexibility index (Phi) is 4.64. The number of fused-ring (bicyclic) bond motifs is 2. The molecule has 2 heterocycles. The van der Waals surface area contributed by atoms with Gasteiger partial charge in [-0.05, 0) is 35.7 Å². The van der Waals surface area contributed by atoms with E-state index in [0.717, 1.165) is 6.07 Å². The molecule has 0 radical (unpaired) electrons. The molecule has 0 aliphatic carbocycles. The second-order valence-electron chi connectivity index (χ2n) is 6.72. The van der Waals surface area contributed by atoms with Crippen molar-refractivity contribution in [2.75, 3.05) is 13.2 Å². The molecule has 0 fully saturated rings. The zero-order chi connectivity index (χ0) is 20.8. The number of benzene rings is 2. The zero-order valence-electron chi connectivity index (χ0n) is 15.4. The van der Waals surface area contributed by atoms with E-state index in [1.807, 2.05) is 6.92 Å². The minimum atomic E-state index is -4.91. The summed E-state index contributed by atoms with van der Waals surface area (Å²) in [6.45, 7) is 2.48. The summed E-state index contributed by atoms with van der Waals surface area (Å²) in [6, 6.07) is 6.63. The van der Waals surface area contributed by atoms with E-state index < -0.39 is 22.9 Å². The zero-order valence-corrected chi connectivity index (χ0v) is 15.4. The van der Waals surface area contributed by atoms with Gasteiger partial charge in [0.1, 0.15) is 24.5 Å². The molecule has 1 N–H and O–H groups in total. The smallest absolute Gasteiger partial charge is 0.450 e. The third-order valence-electron chi connectivity index (χ3n) is 4.70. The lowest BCUT2D eigenvalue weighted by Crippen LogP contribution is -2.17. The summed E-state index contributed by atoms with van der Waals surface area (Å²) in [5, 5.41) is 10.0. The number of halogens is 3. The van der Waals surface area contributed by atoms with Crippen LogP contribution in [0.5, 0.6) is 17.2 Å². The van der Waals surface area contributed by atoms with E-state index in [0.29, 0.717) is 30.8 Å². The molecule has 0 atom stereocenters. The predicted octanol–water partition coefficient (Wildman–Crippen LogP) is 4.91. The third kappa shape index (κ3) is 3.39. The molecule has 1 aromatic heterocycles. The van der Waals surface area contributed by atoms with Crippen molar-refractivity contribution in [3.05, 3.63) is 51.9 Å². The SMILES string of the molecule is CCCc1cc2c(=O)c(-c3ccc4c(c3)OCCO4)c(C(F)(F)F)oc2cc1O. The molecule has 4 rings (SSSR count). The molecule has 0 spiro atoms. The number of aryl methyl sites for hydroxylation is 1. The molecule has 2 aromatic carbocycles. The van der Waals surface area contributed by atoms with Crippen molar-refractivity contribution >= 4 is 11.0 Å². The van der Waals surface area contributed by atoms with Crippen LogP contribution in [0.15, 0.2) is 39.5 Å². The van der Waals surface area contributed by atoms with Crippen molar-refractivity contribution in [1.29, 1.82) is 0 Å². The molecule has 1 aliphatic heterocycles. The van der Waals surface area contributed by atoms with Crippen LogP contribution in [0.2, 0.25) is 0 Å². The summed E-state index contributed by atoms with van der Waals surface area (Å²) in [7, 11) is 0. The van der Waals surface area contributed by atoms with Gasteiger partial charge in [-0.3, -0.25) is 4.79 Å². The van der Waals surface area contributed by atoms with E-state index in [4.69, 9.17) is 13.9 Å². The maximum Gasteiger partial charge on any atom is 0.450 e. The standard InChI is InChI=1S/C21H17F3O5/c1-2-3-11-8-13-16(10-14(11)25)29-20(21(22,23)24)18(19(13)26)12-4-5-15-17(9-12)28-7-6-27-15/h4-5,8-10,25H,2-3,6-7H2,1H3. The first-order valence-electron chi connectivity index (χ1n) is 9.09. The lowest BCUT2D eigenvalue weighted by atomic mass is 9.99. The van der Waals surface area contributed by atoms with Gasteiger partial charge in [-0.1, -0.05) is 19.4 Å². The fourth-order valence-corrected chi connectivity index (χ4v) is 3.40. The lowest BCUT2D eigenvalue weighted by molar-refractivity contribution is -0.152. The molecule has 152 valence electrons. The van der Waals surface area contributed by atoms with Crippen molar-refractivity contribution < 1.29 is 32.2 Å². The van der Waals surface area contributed by atoms with E-state index in [1.165, 1.54) is 24.3 Å². The summed E-state index contributed by atoms with van der Waals surface area (Å²) < 4.78 is 57.1. The maximum absolute atomic E-state index is 13.7. The monoisotopic (exact) mass is 406 g/mol. The Hall–Kier alpha value is -3.16. The first-order chi connectivity index (χ1) is 13.8. The largest absolute Gasteiger partial charge is 0.508 e. The van der Waals surface area contributed by atoms with E-state index in [9.17, 15) is 23.1 Å². The average Bonchev–Trinajstić information content (AvgIpc) is 2.68. The Morgan fingerprint density at radius 1 is 1.07 bits per heavy atom. The number of ether oxygens (including phenoxy) is 2. The molecule has 3 aromatic rings. The van der Waals surface area contributed by atoms with Gasteiger partial charge in [-0.2, -0.15) is 13.2 Å². The van der Waals surface area contributed by atoms with E-state index in [-0.39, 0.29) is 34.6 Å². The maximum atomic E-state index is 13.7. The highest BCUT2D eigenvalue weighted by molar-refractivity contribution is 5.85. The van der Waals surface area contributed by atoms with Crippen molar-refractivity contribution in [3.63, 3.8) is 0 Å². The highest BCUT2D eigenvalue weighted by atomic mass is 19.4. The average molecular weight is 406 g/mol. The van der Waals surface area contributed by atoms with Gasteiger partial charge < -0.3 is 19.0 Å². The summed E-state index contributed by atoms with van der Waals surface area (Å²) >= 11 is 0. The van der Waals surface area contributed by atoms with Crippen LogP contribution in [0.3, 0.4) is 0 Å². The van der Waals surface area contributed by atoms with Crippen LogP contribution in [0.1, 0.15) is 24.7 Å². The molecule has 0 saturated heterocycles. The van der Waals surface area contributed by atoms with Crippen molar-refractivity contribution in [1.82, 2.24) is 0 Å². The van der Waals surface area contributed by atoms with Crippen molar-refractivity contribution in [2.24, 2.45) is 0 Å². The molecular formula is C21H17F3O5. The van der Waals surface area contributed by atoms with Gasteiger partial charge in [0, 0.05) is 6.07 Å². The second-order valence-corrected chi connectivity index (χ2v) is 6.72. The Morgan fingerprint density at radius 3 is 2.48 bits per heavy atom. The fourth-order valence-electron chi connectivity index (χ4n) is 3.40. The summed E-state index contributed by atoms with van der Waals surface area (Å²) in [6.07, 6.45) is -3.74. The molecule has 5 nitrogen and oxygen atoms in total. The van der Waals surface area contributed by atoms with E-state index in [1.54, 1.807) is 0 Å². The number of hydrogen-bond donors (Lipinski definition) is 1. The molecular weight excluding hydrogens is 389 g/mol. The van der Waals surface area contributed by atoms with Crippen LogP contribution in [-0.2, 0) is 12.6 Å². The van der Waals surface area contributed by atoms with Gasteiger partial charge in [0.25, 0.3) is 0 Å². The van der Waals surface area contributed by atoms with Gasteiger partial charge in [-0.25, -0.2) is 0 Å². The second kappa shape index (κ2) is 7.02. The highest BCUT2D eigenvalue weighted by Gasteiger charge is 2.39. The number of alkyl halides is 3. The summed E-state index contributed by atoms with van der Waals surface area (Å²) in [4.78, 5) is 13.1. The topological polar surface area (TPSA) is 68.9 Å². The number of aromatic hydroxyl groups is 1. The molecule has 29 heavy (non-hydrogen) atoms. The van der Waals surface area contributed by atoms with Gasteiger partial charge in [0.15, 0.2) is 11.5 Å². The van der Waals surface area contributed by atoms with Gasteiger partial charge >= 0.3 is 6.18 Å². The minimum Gasteiger partial charge on any atom is -0.508 e. The molecule has 0 bridgehead atoms. The first-order valence-corrected chi connectivity index (χ1v) is 9.09. The number of phenolic OH excluding ortho intramolecular Hbond substituents is 1.